The molecule has 0 spiro atoms. The van der Waals surface area contributed by atoms with Gasteiger partial charge in [-0.3, -0.25) is 0 Å². The van der Waals surface area contributed by atoms with Crippen LogP contribution in [0.5, 0.6) is 0 Å². The van der Waals surface area contributed by atoms with Crippen LogP contribution in [0.15, 0.2) is 18.2 Å². The van der Waals surface area contributed by atoms with Gasteiger partial charge in [-0.15, -0.1) is 11.3 Å². The summed E-state index contributed by atoms with van der Waals surface area (Å²) < 4.78 is 26.1. The van der Waals surface area contributed by atoms with E-state index in [0.29, 0.717) is 17.8 Å². The Bertz CT molecular complexity index is 502. The number of hydrogen-bond acceptors (Lipinski definition) is 3. The van der Waals surface area contributed by atoms with Crippen LogP contribution in [0.1, 0.15) is 9.88 Å². The molecule has 0 radical (unpaired) electrons. The molecule has 84 valence electrons. The highest BCUT2D eigenvalue weighted by Gasteiger charge is 2.11. The first-order valence-corrected chi connectivity index (χ1v) is 5.54. The van der Waals surface area contributed by atoms with E-state index in [0.717, 1.165) is 16.0 Å². The van der Waals surface area contributed by atoms with E-state index < -0.39 is 11.6 Å². The lowest BCUT2D eigenvalue weighted by Gasteiger charge is -1.99. The standard InChI is InChI=1S/C11H10F2N2S/c1-6-11(15-10(5-14)16-6)7-2-8(12)4-9(13)3-7/h2-4H,5,14H2,1H3. The van der Waals surface area contributed by atoms with Gasteiger partial charge in [0.15, 0.2) is 0 Å². The molecule has 2 nitrogen and oxygen atoms in total. The number of aryl methyl sites for hydroxylation is 1. The third-order valence-electron chi connectivity index (χ3n) is 2.15. The van der Waals surface area contributed by atoms with Crippen molar-refractivity contribution >= 4 is 11.3 Å². The second kappa shape index (κ2) is 4.27. The lowest BCUT2D eigenvalue weighted by molar-refractivity contribution is 0.584. The fraction of sp³-hybridized carbons (Fsp3) is 0.182. The van der Waals surface area contributed by atoms with Gasteiger partial charge in [-0.2, -0.15) is 0 Å². The first-order valence-electron chi connectivity index (χ1n) is 4.73. The highest BCUT2D eigenvalue weighted by molar-refractivity contribution is 7.12. The molecule has 0 aliphatic rings. The van der Waals surface area contributed by atoms with Gasteiger partial charge in [-0.1, -0.05) is 0 Å². The Morgan fingerprint density at radius 2 is 1.88 bits per heavy atom. The topological polar surface area (TPSA) is 38.9 Å². The zero-order chi connectivity index (χ0) is 11.7. The van der Waals surface area contributed by atoms with E-state index in [2.05, 4.69) is 4.98 Å². The van der Waals surface area contributed by atoms with E-state index in [-0.39, 0.29) is 0 Å². The summed E-state index contributed by atoms with van der Waals surface area (Å²) in [6, 6.07) is 3.38. The fourth-order valence-electron chi connectivity index (χ4n) is 1.50. The van der Waals surface area contributed by atoms with Crippen LogP contribution < -0.4 is 5.73 Å². The van der Waals surface area contributed by atoms with Gasteiger partial charge < -0.3 is 5.73 Å². The fourth-order valence-corrected chi connectivity index (χ4v) is 2.33. The van der Waals surface area contributed by atoms with Gasteiger partial charge in [-0.25, -0.2) is 13.8 Å². The molecule has 2 N–H and O–H groups in total. The van der Waals surface area contributed by atoms with Crippen LogP contribution in [-0.2, 0) is 6.54 Å². The van der Waals surface area contributed by atoms with Crippen molar-refractivity contribution in [2.45, 2.75) is 13.5 Å². The van der Waals surface area contributed by atoms with Crippen molar-refractivity contribution in [3.63, 3.8) is 0 Å². The highest BCUT2D eigenvalue weighted by Crippen LogP contribution is 2.28. The van der Waals surface area contributed by atoms with Crippen molar-refractivity contribution in [3.05, 3.63) is 39.7 Å². The Morgan fingerprint density at radius 3 is 2.38 bits per heavy atom. The third-order valence-corrected chi connectivity index (χ3v) is 3.14. The zero-order valence-corrected chi connectivity index (χ0v) is 9.44. The molecule has 1 heterocycles. The molecule has 1 aromatic carbocycles. The predicted octanol–water partition coefficient (Wildman–Crippen LogP) is 2.86. The molecule has 0 aliphatic heterocycles. The van der Waals surface area contributed by atoms with Crippen molar-refractivity contribution in [1.82, 2.24) is 4.98 Å². The maximum Gasteiger partial charge on any atom is 0.126 e. The largest absolute Gasteiger partial charge is 0.325 e. The molecule has 2 rings (SSSR count). The van der Waals surface area contributed by atoms with Gasteiger partial charge in [0.25, 0.3) is 0 Å². The van der Waals surface area contributed by atoms with Gasteiger partial charge in [0.2, 0.25) is 0 Å². The summed E-state index contributed by atoms with van der Waals surface area (Å²) in [4.78, 5) is 5.15. The molecular weight excluding hydrogens is 230 g/mol. The quantitative estimate of drug-likeness (QED) is 0.876. The first-order chi connectivity index (χ1) is 7.60. The van der Waals surface area contributed by atoms with E-state index >= 15 is 0 Å². The van der Waals surface area contributed by atoms with E-state index in [9.17, 15) is 8.78 Å². The monoisotopic (exact) mass is 240 g/mol. The lowest BCUT2D eigenvalue weighted by Crippen LogP contribution is -1.94. The Kier molecular flexibility index (Phi) is 2.98. The highest BCUT2D eigenvalue weighted by atomic mass is 32.1. The zero-order valence-electron chi connectivity index (χ0n) is 8.63. The molecule has 2 aromatic rings. The van der Waals surface area contributed by atoms with Crippen molar-refractivity contribution in [1.29, 1.82) is 0 Å². The van der Waals surface area contributed by atoms with Crippen LogP contribution in [-0.4, -0.2) is 4.98 Å². The van der Waals surface area contributed by atoms with Crippen LogP contribution in [0.2, 0.25) is 0 Å². The van der Waals surface area contributed by atoms with Crippen LogP contribution in [0.3, 0.4) is 0 Å². The van der Waals surface area contributed by atoms with Gasteiger partial charge in [0.05, 0.1) is 5.69 Å². The molecule has 5 heteroatoms. The van der Waals surface area contributed by atoms with Crippen LogP contribution in [0.25, 0.3) is 11.3 Å². The van der Waals surface area contributed by atoms with E-state index in [1.807, 2.05) is 6.92 Å². The smallest absolute Gasteiger partial charge is 0.126 e. The Hall–Kier alpha value is -1.33. The molecule has 0 unspecified atom stereocenters. The number of thiazole rings is 1. The van der Waals surface area contributed by atoms with Crippen molar-refractivity contribution in [2.75, 3.05) is 0 Å². The summed E-state index contributed by atoms with van der Waals surface area (Å²) in [5, 5.41) is 0.761. The molecule has 0 saturated heterocycles. The summed E-state index contributed by atoms with van der Waals surface area (Å²) in [6.45, 7) is 2.19. The molecule has 0 saturated carbocycles. The minimum absolute atomic E-state index is 0.337. The average molecular weight is 240 g/mol. The maximum absolute atomic E-state index is 13.0. The van der Waals surface area contributed by atoms with Crippen molar-refractivity contribution in [3.8, 4) is 11.3 Å². The Morgan fingerprint density at radius 1 is 1.25 bits per heavy atom. The van der Waals surface area contributed by atoms with E-state index in [1.54, 1.807) is 0 Å². The summed E-state index contributed by atoms with van der Waals surface area (Å²) >= 11 is 1.44. The lowest BCUT2D eigenvalue weighted by atomic mass is 10.1. The minimum atomic E-state index is -0.600. The summed E-state index contributed by atoms with van der Waals surface area (Å²) in [5.41, 5.74) is 6.52. The van der Waals surface area contributed by atoms with Crippen LogP contribution in [0.4, 0.5) is 8.78 Å². The molecule has 0 bridgehead atoms. The Labute approximate surface area is 95.7 Å². The maximum atomic E-state index is 13.0. The number of benzene rings is 1. The SMILES string of the molecule is Cc1sc(CN)nc1-c1cc(F)cc(F)c1. The third kappa shape index (κ3) is 2.10. The van der Waals surface area contributed by atoms with Crippen LogP contribution >= 0.6 is 11.3 Å². The molecule has 16 heavy (non-hydrogen) atoms. The van der Waals surface area contributed by atoms with Crippen molar-refractivity contribution < 1.29 is 8.78 Å². The van der Waals surface area contributed by atoms with Gasteiger partial charge >= 0.3 is 0 Å². The molecule has 0 aliphatic carbocycles. The number of hydrogen-bond donors (Lipinski definition) is 1. The normalized spacial score (nSPS) is 10.8. The second-order valence-corrected chi connectivity index (χ2v) is 4.66. The van der Waals surface area contributed by atoms with Crippen LogP contribution in [0, 0.1) is 18.6 Å². The number of nitrogens with two attached hydrogens (primary N) is 1. The first kappa shape index (κ1) is 11.2. The van der Waals surface area contributed by atoms with Crippen molar-refractivity contribution in [2.24, 2.45) is 5.73 Å². The summed E-state index contributed by atoms with van der Waals surface area (Å²) in [6.07, 6.45) is 0. The van der Waals surface area contributed by atoms with E-state index in [4.69, 9.17) is 5.73 Å². The molecule has 0 fully saturated rings. The second-order valence-electron chi connectivity index (χ2n) is 3.37. The average Bonchev–Trinajstić information content (AvgIpc) is 2.58. The molecule has 0 amide bonds. The number of rotatable bonds is 2. The number of aromatic nitrogens is 1. The van der Waals surface area contributed by atoms with Gasteiger partial charge in [-0.05, 0) is 19.1 Å². The molecular formula is C11H10F2N2S. The Balaban J connectivity index is 2.53. The molecule has 1 aromatic heterocycles. The van der Waals surface area contributed by atoms with Gasteiger partial charge in [0.1, 0.15) is 16.6 Å². The minimum Gasteiger partial charge on any atom is -0.325 e. The summed E-state index contributed by atoms with van der Waals surface area (Å²) in [5.74, 6) is -1.20. The van der Waals surface area contributed by atoms with Gasteiger partial charge in [0, 0.05) is 23.1 Å². The van der Waals surface area contributed by atoms with E-state index in [1.165, 1.54) is 23.5 Å². The predicted molar refractivity (Wildman–Crippen MR) is 60.1 cm³/mol. The summed E-state index contributed by atoms with van der Waals surface area (Å²) in [7, 11) is 0. The number of nitrogens with zero attached hydrogens (tertiary/aromatic N) is 1. The number of halogens is 2. The molecule has 0 atom stereocenters.